The van der Waals surface area contributed by atoms with Crippen LogP contribution in [0.15, 0.2) is 48.5 Å². The number of carbonyl (C=O) groups excluding carboxylic acids is 1. The lowest BCUT2D eigenvalue weighted by molar-refractivity contribution is -0.137. The van der Waals surface area contributed by atoms with Gasteiger partial charge in [0.05, 0.1) is 18.2 Å². The number of benzene rings is 2. The van der Waals surface area contributed by atoms with Crippen LogP contribution in [0.4, 0.5) is 8.78 Å². The number of carboxylic acids is 1. The summed E-state index contributed by atoms with van der Waals surface area (Å²) in [6.07, 6.45) is -0.472. The van der Waals surface area contributed by atoms with Gasteiger partial charge in [-0.15, -0.1) is 0 Å². The van der Waals surface area contributed by atoms with Crippen LogP contribution in [0.1, 0.15) is 34.1 Å². The molecule has 0 aliphatic heterocycles. The minimum Gasteiger partial charge on any atom is -0.493 e. The number of carboxylic acid groups (broad SMARTS) is 1. The van der Waals surface area contributed by atoms with Gasteiger partial charge in [0.15, 0.2) is 5.69 Å². The lowest BCUT2D eigenvalue weighted by atomic mass is 9.98. The standard InChI is InChI=1S/C20H17F2N3O4/c1-11-14(3-2-4-15(11)22)16(10-19(27)28)23-20(29)17-9-18(26)25(24-17)13-7-5-12(21)6-8-13/h2-9,16,26H,10H2,1H3,(H,23,29)(H,27,28). The Morgan fingerprint density at radius 1 is 1.17 bits per heavy atom. The van der Waals surface area contributed by atoms with Gasteiger partial charge in [0.1, 0.15) is 11.6 Å². The summed E-state index contributed by atoms with van der Waals surface area (Å²) >= 11 is 0. The average Bonchev–Trinajstić information content (AvgIpc) is 3.05. The van der Waals surface area contributed by atoms with Crippen LogP contribution < -0.4 is 5.32 Å². The molecule has 3 rings (SSSR count). The third-order valence-electron chi connectivity index (χ3n) is 4.36. The Morgan fingerprint density at radius 2 is 1.86 bits per heavy atom. The number of nitrogens with one attached hydrogen (secondary N) is 1. The van der Waals surface area contributed by atoms with Crippen molar-refractivity contribution in [3.63, 3.8) is 0 Å². The maximum Gasteiger partial charge on any atom is 0.305 e. The van der Waals surface area contributed by atoms with Gasteiger partial charge >= 0.3 is 5.97 Å². The van der Waals surface area contributed by atoms with Crippen molar-refractivity contribution in [1.29, 1.82) is 0 Å². The Kier molecular flexibility index (Phi) is 5.58. The quantitative estimate of drug-likeness (QED) is 0.589. The van der Waals surface area contributed by atoms with Gasteiger partial charge in [0, 0.05) is 6.07 Å². The Hall–Kier alpha value is -3.75. The van der Waals surface area contributed by atoms with Crippen LogP contribution in [-0.4, -0.2) is 31.9 Å². The number of nitrogens with zero attached hydrogens (tertiary/aromatic N) is 2. The fraction of sp³-hybridized carbons (Fsp3) is 0.150. The topological polar surface area (TPSA) is 104 Å². The summed E-state index contributed by atoms with van der Waals surface area (Å²) in [5.74, 6) is -3.29. The van der Waals surface area contributed by atoms with Crippen molar-refractivity contribution in [3.8, 4) is 11.6 Å². The highest BCUT2D eigenvalue weighted by molar-refractivity contribution is 5.93. The molecule has 7 nitrogen and oxygen atoms in total. The minimum atomic E-state index is -1.18. The number of aliphatic carboxylic acids is 1. The molecule has 1 heterocycles. The Labute approximate surface area is 164 Å². The van der Waals surface area contributed by atoms with E-state index in [2.05, 4.69) is 10.4 Å². The molecule has 0 spiro atoms. The zero-order valence-corrected chi connectivity index (χ0v) is 15.3. The summed E-state index contributed by atoms with van der Waals surface area (Å²) in [5.41, 5.74) is 0.684. The SMILES string of the molecule is Cc1c(F)cccc1C(CC(=O)O)NC(=O)c1cc(O)n(-c2ccc(F)cc2)n1. The second kappa shape index (κ2) is 8.09. The number of amides is 1. The molecule has 0 saturated heterocycles. The monoisotopic (exact) mass is 401 g/mol. The summed E-state index contributed by atoms with van der Waals surface area (Å²) in [7, 11) is 0. The van der Waals surface area contributed by atoms with E-state index in [1.165, 1.54) is 49.4 Å². The Balaban J connectivity index is 1.88. The van der Waals surface area contributed by atoms with Gasteiger partial charge in [-0.3, -0.25) is 9.59 Å². The first kappa shape index (κ1) is 20.0. The number of rotatable bonds is 6. The number of aromatic nitrogens is 2. The number of hydrogen-bond acceptors (Lipinski definition) is 4. The molecule has 150 valence electrons. The highest BCUT2D eigenvalue weighted by atomic mass is 19.1. The number of carbonyl (C=O) groups is 2. The first-order chi connectivity index (χ1) is 13.8. The predicted octanol–water partition coefficient (Wildman–Crippen LogP) is 3.11. The van der Waals surface area contributed by atoms with Gasteiger partial charge in [-0.05, 0) is 48.4 Å². The average molecular weight is 401 g/mol. The molecule has 0 aliphatic rings. The smallest absolute Gasteiger partial charge is 0.305 e. The predicted molar refractivity (Wildman–Crippen MR) is 98.8 cm³/mol. The van der Waals surface area contributed by atoms with Gasteiger partial charge in [-0.25, -0.2) is 13.5 Å². The summed E-state index contributed by atoms with van der Waals surface area (Å²) in [4.78, 5) is 23.8. The van der Waals surface area contributed by atoms with E-state index in [9.17, 15) is 28.6 Å². The number of hydrogen-bond donors (Lipinski definition) is 3. The zero-order valence-electron chi connectivity index (χ0n) is 15.3. The maximum absolute atomic E-state index is 13.9. The summed E-state index contributed by atoms with van der Waals surface area (Å²) in [5, 5.41) is 25.7. The van der Waals surface area contributed by atoms with E-state index in [1.807, 2.05) is 0 Å². The normalized spacial score (nSPS) is 11.8. The first-order valence-corrected chi connectivity index (χ1v) is 8.59. The maximum atomic E-state index is 13.9. The highest BCUT2D eigenvalue weighted by Gasteiger charge is 2.23. The zero-order chi connectivity index (χ0) is 21.1. The van der Waals surface area contributed by atoms with Crippen molar-refractivity contribution in [3.05, 3.63) is 77.0 Å². The fourth-order valence-electron chi connectivity index (χ4n) is 2.90. The van der Waals surface area contributed by atoms with E-state index in [0.29, 0.717) is 11.3 Å². The van der Waals surface area contributed by atoms with E-state index in [4.69, 9.17) is 0 Å². The van der Waals surface area contributed by atoms with Crippen LogP contribution in [0, 0.1) is 18.6 Å². The van der Waals surface area contributed by atoms with Crippen molar-refractivity contribution in [2.45, 2.75) is 19.4 Å². The molecule has 0 fully saturated rings. The molecule has 0 bridgehead atoms. The van der Waals surface area contributed by atoms with E-state index in [0.717, 1.165) is 10.7 Å². The van der Waals surface area contributed by atoms with E-state index in [1.54, 1.807) is 0 Å². The summed E-state index contributed by atoms with van der Waals surface area (Å²) in [6.45, 7) is 1.49. The first-order valence-electron chi connectivity index (χ1n) is 8.59. The summed E-state index contributed by atoms with van der Waals surface area (Å²) < 4.78 is 28.0. The third kappa shape index (κ3) is 4.40. The van der Waals surface area contributed by atoms with Crippen molar-refractivity contribution in [2.75, 3.05) is 0 Å². The molecule has 3 N–H and O–H groups in total. The van der Waals surface area contributed by atoms with Crippen molar-refractivity contribution in [2.24, 2.45) is 0 Å². The number of halogens is 2. The molecular weight excluding hydrogens is 384 g/mol. The minimum absolute atomic E-state index is 0.184. The molecule has 1 aromatic heterocycles. The van der Waals surface area contributed by atoms with Gasteiger partial charge < -0.3 is 15.5 Å². The van der Waals surface area contributed by atoms with Crippen LogP contribution in [0.2, 0.25) is 0 Å². The summed E-state index contributed by atoms with van der Waals surface area (Å²) in [6, 6.07) is 9.36. The van der Waals surface area contributed by atoms with Crippen LogP contribution >= 0.6 is 0 Å². The van der Waals surface area contributed by atoms with Gasteiger partial charge in [-0.2, -0.15) is 5.10 Å². The molecule has 0 aliphatic carbocycles. The van der Waals surface area contributed by atoms with Crippen molar-refractivity contribution >= 4 is 11.9 Å². The van der Waals surface area contributed by atoms with Crippen LogP contribution in [0.25, 0.3) is 5.69 Å². The molecule has 3 aromatic rings. The second-order valence-electron chi connectivity index (χ2n) is 6.35. The molecule has 29 heavy (non-hydrogen) atoms. The second-order valence-corrected chi connectivity index (χ2v) is 6.35. The van der Waals surface area contributed by atoms with E-state index >= 15 is 0 Å². The third-order valence-corrected chi connectivity index (χ3v) is 4.36. The lowest BCUT2D eigenvalue weighted by Crippen LogP contribution is -2.31. The van der Waals surface area contributed by atoms with E-state index < -0.39 is 36.0 Å². The molecule has 1 atom stereocenters. The van der Waals surface area contributed by atoms with Gasteiger partial charge in [0.2, 0.25) is 5.88 Å². The van der Waals surface area contributed by atoms with Crippen LogP contribution in [-0.2, 0) is 4.79 Å². The Morgan fingerprint density at radius 3 is 2.52 bits per heavy atom. The molecule has 1 amide bonds. The molecular formula is C20H17F2N3O4. The lowest BCUT2D eigenvalue weighted by Gasteiger charge is -2.19. The number of aromatic hydroxyl groups is 1. The molecule has 1 unspecified atom stereocenters. The van der Waals surface area contributed by atoms with Crippen molar-refractivity contribution in [1.82, 2.24) is 15.1 Å². The van der Waals surface area contributed by atoms with E-state index in [-0.39, 0.29) is 17.1 Å². The van der Waals surface area contributed by atoms with Gasteiger partial charge in [0.25, 0.3) is 5.91 Å². The highest BCUT2D eigenvalue weighted by Crippen LogP contribution is 2.24. The van der Waals surface area contributed by atoms with Crippen molar-refractivity contribution < 1.29 is 28.6 Å². The van der Waals surface area contributed by atoms with Crippen LogP contribution in [0.5, 0.6) is 5.88 Å². The fourth-order valence-corrected chi connectivity index (χ4v) is 2.90. The van der Waals surface area contributed by atoms with Crippen LogP contribution in [0.3, 0.4) is 0 Å². The molecule has 2 aromatic carbocycles. The van der Waals surface area contributed by atoms with Gasteiger partial charge in [-0.1, -0.05) is 12.1 Å². The molecule has 0 saturated carbocycles. The largest absolute Gasteiger partial charge is 0.493 e. The molecule has 9 heteroatoms. The Bertz CT molecular complexity index is 1060. The molecule has 0 radical (unpaired) electrons.